The molecular weight excluding hydrogens is 497 g/mol. The smallest absolute Gasteiger partial charge is 0.333 e. The minimum atomic E-state index is -1.09. The number of hydrogen-bond acceptors (Lipinski definition) is 4. The number of imide groups is 1. The van der Waals surface area contributed by atoms with Gasteiger partial charge in [-0.25, -0.2) is 14.5 Å². The third-order valence-electron chi connectivity index (χ3n) is 4.01. The van der Waals surface area contributed by atoms with E-state index in [2.05, 4.69) is 33.2 Å². The molecular formula is C19H15ClIN3O4. The summed E-state index contributed by atoms with van der Waals surface area (Å²) < 4.78 is 0.807. The van der Waals surface area contributed by atoms with Crippen LogP contribution in [0.3, 0.4) is 0 Å². The fourth-order valence-electron chi connectivity index (χ4n) is 2.64. The van der Waals surface area contributed by atoms with Crippen molar-refractivity contribution >= 4 is 63.5 Å². The van der Waals surface area contributed by atoms with Gasteiger partial charge in [0.15, 0.2) is 0 Å². The van der Waals surface area contributed by atoms with Crippen LogP contribution in [0.1, 0.15) is 6.42 Å². The van der Waals surface area contributed by atoms with Crippen LogP contribution in [0.2, 0.25) is 5.02 Å². The molecule has 1 fully saturated rings. The standard InChI is InChI=1S/C19H15ClIN3O4/c20-11-6-7-13(21)16(10-11)22-15(18(26)27)9-8-14-17(25)24(19(28)23-14)12-4-2-1-3-5-12/h1-8,10,15,22H,9H2,(H,23,28)(H,26,27)/b14-8+. The summed E-state index contributed by atoms with van der Waals surface area (Å²) in [7, 11) is 0. The normalized spacial score (nSPS) is 16.2. The fourth-order valence-corrected chi connectivity index (χ4v) is 3.30. The second-order valence-corrected chi connectivity index (χ2v) is 7.52. The Morgan fingerprint density at radius 1 is 1.25 bits per heavy atom. The summed E-state index contributed by atoms with van der Waals surface area (Å²) in [6.07, 6.45) is 1.40. The first-order chi connectivity index (χ1) is 13.4. The highest BCUT2D eigenvalue weighted by atomic mass is 127. The Hall–Kier alpha value is -2.59. The lowest BCUT2D eigenvalue weighted by atomic mass is 10.1. The summed E-state index contributed by atoms with van der Waals surface area (Å²) in [5.41, 5.74) is 1.06. The van der Waals surface area contributed by atoms with Crippen LogP contribution in [0.5, 0.6) is 0 Å². The van der Waals surface area contributed by atoms with E-state index in [0.717, 1.165) is 8.47 Å². The summed E-state index contributed by atoms with van der Waals surface area (Å²) >= 11 is 8.04. The van der Waals surface area contributed by atoms with Gasteiger partial charge in [0.05, 0.1) is 5.69 Å². The lowest BCUT2D eigenvalue weighted by Crippen LogP contribution is -2.30. The lowest BCUT2D eigenvalue weighted by Gasteiger charge is -2.16. The van der Waals surface area contributed by atoms with Crippen molar-refractivity contribution in [3.05, 3.63) is 68.9 Å². The predicted octanol–water partition coefficient (Wildman–Crippen LogP) is 3.84. The monoisotopic (exact) mass is 511 g/mol. The topological polar surface area (TPSA) is 98.7 Å². The molecule has 3 rings (SSSR count). The van der Waals surface area contributed by atoms with Gasteiger partial charge in [-0.15, -0.1) is 0 Å². The summed E-state index contributed by atoms with van der Waals surface area (Å²) in [5.74, 6) is -1.62. The first kappa shape index (κ1) is 20.2. The van der Waals surface area contributed by atoms with Gasteiger partial charge in [-0.1, -0.05) is 35.9 Å². The van der Waals surface area contributed by atoms with Crippen molar-refractivity contribution in [2.24, 2.45) is 0 Å². The highest BCUT2D eigenvalue weighted by Gasteiger charge is 2.35. The van der Waals surface area contributed by atoms with Crippen molar-refractivity contribution in [2.75, 3.05) is 10.2 Å². The van der Waals surface area contributed by atoms with Crippen LogP contribution < -0.4 is 15.5 Å². The van der Waals surface area contributed by atoms with Gasteiger partial charge < -0.3 is 15.7 Å². The maximum absolute atomic E-state index is 12.5. The Kier molecular flexibility index (Phi) is 6.20. The van der Waals surface area contributed by atoms with E-state index in [9.17, 15) is 19.5 Å². The Morgan fingerprint density at radius 2 is 1.96 bits per heavy atom. The van der Waals surface area contributed by atoms with Gasteiger partial charge in [0.2, 0.25) is 0 Å². The van der Waals surface area contributed by atoms with Gasteiger partial charge in [-0.2, -0.15) is 0 Å². The van der Waals surface area contributed by atoms with Crippen LogP contribution in [0, 0.1) is 3.57 Å². The van der Waals surface area contributed by atoms with Crippen LogP contribution in [-0.2, 0) is 9.59 Å². The third-order valence-corrected chi connectivity index (χ3v) is 5.18. The molecule has 3 N–H and O–H groups in total. The average Bonchev–Trinajstić information content (AvgIpc) is 2.95. The molecule has 144 valence electrons. The number of para-hydroxylation sites is 1. The summed E-state index contributed by atoms with van der Waals surface area (Å²) in [6, 6.07) is 12.0. The minimum Gasteiger partial charge on any atom is -0.480 e. The van der Waals surface area contributed by atoms with Crippen molar-refractivity contribution in [1.29, 1.82) is 0 Å². The molecule has 0 aromatic heterocycles. The van der Waals surface area contributed by atoms with E-state index in [0.29, 0.717) is 16.4 Å². The predicted molar refractivity (Wildman–Crippen MR) is 114 cm³/mol. The summed E-state index contributed by atoms with van der Waals surface area (Å²) in [4.78, 5) is 37.3. The van der Waals surface area contributed by atoms with E-state index in [1.807, 2.05) is 0 Å². The maximum Gasteiger partial charge on any atom is 0.333 e. The lowest BCUT2D eigenvalue weighted by molar-refractivity contribution is -0.137. The Balaban J connectivity index is 1.77. The van der Waals surface area contributed by atoms with Crippen molar-refractivity contribution < 1.29 is 19.5 Å². The molecule has 2 aromatic carbocycles. The van der Waals surface area contributed by atoms with Gasteiger partial charge >= 0.3 is 12.0 Å². The Morgan fingerprint density at radius 3 is 2.64 bits per heavy atom. The molecule has 0 spiro atoms. The van der Waals surface area contributed by atoms with Crippen LogP contribution >= 0.6 is 34.2 Å². The summed E-state index contributed by atoms with van der Waals surface area (Å²) in [5, 5.41) is 15.4. The Bertz CT molecular complexity index is 965. The first-order valence-corrected chi connectivity index (χ1v) is 9.67. The van der Waals surface area contributed by atoms with Gasteiger partial charge in [0.25, 0.3) is 5.91 Å². The molecule has 1 atom stereocenters. The second-order valence-electron chi connectivity index (χ2n) is 5.92. The number of carboxylic acid groups (broad SMARTS) is 1. The highest BCUT2D eigenvalue weighted by molar-refractivity contribution is 14.1. The fraction of sp³-hybridized carbons (Fsp3) is 0.105. The molecule has 0 radical (unpaired) electrons. The first-order valence-electron chi connectivity index (χ1n) is 8.22. The molecule has 9 heteroatoms. The van der Waals surface area contributed by atoms with Gasteiger partial charge in [-0.05, 0) is 59.3 Å². The molecule has 3 amide bonds. The number of amides is 3. The number of nitrogens with one attached hydrogen (secondary N) is 2. The molecule has 28 heavy (non-hydrogen) atoms. The molecule has 0 bridgehead atoms. The molecule has 1 unspecified atom stereocenters. The largest absolute Gasteiger partial charge is 0.480 e. The number of rotatable bonds is 6. The Labute approximate surface area is 179 Å². The maximum atomic E-state index is 12.5. The molecule has 1 heterocycles. The second kappa shape index (κ2) is 8.61. The van der Waals surface area contributed by atoms with Crippen molar-refractivity contribution in [1.82, 2.24) is 5.32 Å². The van der Waals surface area contributed by atoms with E-state index in [-0.39, 0.29) is 12.1 Å². The number of urea groups is 1. The molecule has 1 aliphatic heterocycles. The number of benzene rings is 2. The van der Waals surface area contributed by atoms with E-state index < -0.39 is 23.9 Å². The van der Waals surface area contributed by atoms with E-state index >= 15 is 0 Å². The third kappa shape index (κ3) is 4.45. The molecule has 7 nitrogen and oxygen atoms in total. The zero-order valence-corrected chi connectivity index (χ0v) is 17.3. The van der Waals surface area contributed by atoms with Crippen LogP contribution in [0.25, 0.3) is 0 Å². The van der Waals surface area contributed by atoms with Crippen LogP contribution in [-0.4, -0.2) is 29.1 Å². The number of carbonyl (C=O) groups excluding carboxylic acids is 2. The minimum absolute atomic E-state index is 0.0120. The van der Waals surface area contributed by atoms with Crippen molar-refractivity contribution in [3.8, 4) is 0 Å². The van der Waals surface area contributed by atoms with E-state index in [4.69, 9.17) is 11.6 Å². The van der Waals surface area contributed by atoms with Gasteiger partial charge in [0.1, 0.15) is 11.7 Å². The van der Waals surface area contributed by atoms with Gasteiger partial charge in [-0.3, -0.25) is 4.79 Å². The number of carboxylic acids is 1. The zero-order chi connectivity index (χ0) is 20.3. The zero-order valence-electron chi connectivity index (χ0n) is 14.4. The number of halogens is 2. The molecule has 1 saturated heterocycles. The van der Waals surface area contributed by atoms with Crippen molar-refractivity contribution in [2.45, 2.75) is 12.5 Å². The van der Waals surface area contributed by atoms with Gasteiger partial charge in [0, 0.05) is 14.3 Å². The number of nitrogens with zero attached hydrogens (tertiary/aromatic N) is 1. The van der Waals surface area contributed by atoms with Crippen LogP contribution in [0.4, 0.5) is 16.2 Å². The van der Waals surface area contributed by atoms with Crippen molar-refractivity contribution in [3.63, 3.8) is 0 Å². The number of hydrogen-bond donors (Lipinski definition) is 3. The average molecular weight is 512 g/mol. The molecule has 0 aliphatic carbocycles. The quantitative estimate of drug-likeness (QED) is 0.311. The van der Waals surface area contributed by atoms with E-state index in [1.165, 1.54) is 6.08 Å². The number of carbonyl (C=O) groups is 3. The molecule has 1 aliphatic rings. The number of aliphatic carboxylic acids is 1. The molecule has 2 aromatic rings. The number of anilines is 2. The van der Waals surface area contributed by atoms with Crippen LogP contribution in [0.15, 0.2) is 60.3 Å². The highest BCUT2D eigenvalue weighted by Crippen LogP contribution is 2.25. The van der Waals surface area contributed by atoms with E-state index in [1.54, 1.807) is 48.5 Å². The molecule has 0 saturated carbocycles. The summed E-state index contributed by atoms with van der Waals surface area (Å²) in [6.45, 7) is 0. The SMILES string of the molecule is O=C(O)C(C/C=C1/NC(=O)N(c2ccccc2)C1=O)Nc1cc(Cl)ccc1I.